The van der Waals surface area contributed by atoms with Crippen LogP contribution in [-0.4, -0.2) is 6.61 Å². The van der Waals surface area contributed by atoms with Gasteiger partial charge in [0.1, 0.15) is 0 Å². The van der Waals surface area contributed by atoms with E-state index in [1.807, 2.05) is 0 Å². The highest BCUT2D eigenvalue weighted by Gasteiger charge is 2.03. The summed E-state index contributed by atoms with van der Waals surface area (Å²) in [6, 6.07) is 6.46. The fourth-order valence-corrected chi connectivity index (χ4v) is 2.99. The van der Waals surface area contributed by atoms with Crippen LogP contribution >= 0.6 is 22.7 Å². The fraction of sp³-hybridized carbons (Fsp3) is 0.385. The van der Waals surface area contributed by atoms with E-state index in [1.54, 1.807) is 22.7 Å². The summed E-state index contributed by atoms with van der Waals surface area (Å²) < 4.78 is 0. The second-order valence-corrected chi connectivity index (χ2v) is 6.25. The minimum Gasteiger partial charge on any atom is -0.301 e. The van der Waals surface area contributed by atoms with Crippen LogP contribution in [0.4, 0.5) is 0 Å². The Morgan fingerprint density at radius 2 is 2.24 bits per heavy atom. The largest absolute Gasteiger partial charge is 0.301 e. The Morgan fingerprint density at radius 1 is 1.35 bits per heavy atom. The van der Waals surface area contributed by atoms with Crippen LogP contribution < -0.4 is 5.48 Å². The Morgan fingerprint density at radius 3 is 2.94 bits per heavy atom. The molecule has 92 valence electrons. The van der Waals surface area contributed by atoms with Gasteiger partial charge in [-0.3, -0.25) is 0 Å². The zero-order chi connectivity index (χ0) is 12.1. The van der Waals surface area contributed by atoms with Crippen molar-refractivity contribution in [3.05, 3.63) is 33.8 Å². The van der Waals surface area contributed by atoms with E-state index in [0.717, 1.165) is 13.2 Å². The lowest BCUT2D eigenvalue weighted by atomic mass is 10.2. The number of thiophene rings is 2. The van der Waals surface area contributed by atoms with Gasteiger partial charge in [-0.05, 0) is 28.8 Å². The van der Waals surface area contributed by atoms with Crippen LogP contribution in [0.25, 0.3) is 10.4 Å². The molecule has 0 aromatic carbocycles. The van der Waals surface area contributed by atoms with Gasteiger partial charge in [0, 0.05) is 15.3 Å². The van der Waals surface area contributed by atoms with Crippen LogP contribution in [0.3, 0.4) is 0 Å². The van der Waals surface area contributed by atoms with Crippen LogP contribution in [0.1, 0.15) is 18.7 Å². The average molecular weight is 267 g/mol. The first-order valence-corrected chi connectivity index (χ1v) is 7.47. The molecule has 0 fully saturated rings. The molecule has 4 heteroatoms. The molecule has 0 saturated carbocycles. The van der Waals surface area contributed by atoms with Crippen molar-refractivity contribution in [2.45, 2.75) is 20.4 Å². The molecule has 0 radical (unpaired) electrons. The van der Waals surface area contributed by atoms with Gasteiger partial charge < -0.3 is 4.84 Å². The van der Waals surface area contributed by atoms with Gasteiger partial charge in [-0.2, -0.15) is 5.48 Å². The molecule has 2 aromatic heterocycles. The molecule has 0 amide bonds. The molecule has 0 aliphatic carbocycles. The van der Waals surface area contributed by atoms with Gasteiger partial charge >= 0.3 is 0 Å². The first-order valence-electron chi connectivity index (χ1n) is 5.71. The minimum absolute atomic E-state index is 0.563. The lowest BCUT2D eigenvalue weighted by Gasteiger charge is -2.06. The molecule has 1 N–H and O–H groups in total. The van der Waals surface area contributed by atoms with E-state index in [9.17, 15) is 0 Å². The Labute approximate surface area is 110 Å². The molecule has 0 aliphatic heterocycles. The lowest BCUT2D eigenvalue weighted by Crippen LogP contribution is -2.16. The Balaban J connectivity index is 1.83. The van der Waals surface area contributed by atoms with Crippen molar-refractivity contribution in [1.82, 2.24) is 5.48 Å². The van der Waals surface area contributed by atoms with E-state index in [2.05, 4.69) is 48.3 Å². The quantitative estimate of drug-likeness (QED) is 0.627. The highest BCUT2D eigenvalue weighted by atomic mass is 32.1. The van der Waals surface area contributed by atoms with Crippen molar-refractivity contribution in [3.63, 3.8) is 0 Å². The predicted octanol–water partition coefficient (Wildman–Crippen LogP) is 4.15. The summed E-state index contributed by atoms with van der Waals surface area (Å²) in [4.78, 5) is 7.99. The molecule has 2 nitrogen and oxygen atoms in total. The van der Waals surface area contributed by atoms with Crippen LogP contribution in [-0.2, 0) is 11.4 Å². The highest BCUT2D eigenvalue weighted by Crippen LogP contribution is 2.29. The molecule has 17 heavy (non-hydrogen) atoms. The van der Waals surface area contributed by atoms with E-state index in [-0.39, 0.29) is 0 Å². The van der Waals surface area contributed by atoms with E-state index < -0.39 is 0 Å². The molecule has 0 bridgehead atoms. The minimum atomic E-state index is 0.563. The topological polar surface area (TPSA) is 21.3 Å². The van der Waals surface area contributed by atoms with Gasteiger partial charge in [0.2, 0.25) is 0 Å². The van der Waals surface area contributed by atoms with Crippen LogP contribution in [0, 0.1) is 5.92 Å². The molecular formula is C13H17NOS2. The van der Waals surface area contributed by atoms with E-state index in [0.29, 0.717) is 5.92 Å². The number of nitrogens with one attached hydrogen (secondary N) is 1. The summed E-state index contributed by atoms with van der Waals surface area (Å²) in [5, 5.41) is 4.31. The average Bonchev–Trinajstić information content (AvgIpc) is 2.94. The third kappa shape index (κ3) is 3.92. The normalized spacial score (nSPS) is 11.2. The summed E-state index contributed by atoms with van der Waals surface area (Å²) >= 11 is 3.55. The second-order valence-electron chi connectivity index (χ2n) is 4.30. The monoisotopic (exact) mass is 267 g/mol. The lowest BCUT2D eigenvalue weighted by molar-refractivity contribution is 0.0201. The van der Waals surface area contributed by atoms with Crippen LogP contribution in [0.5, 0.6) is 0 Å². The number of rotatable bonds is 6. The first kappa shape index (κ1) is 12.8. The second kappa shape index (κ2) is 6.31. The number of hydrogen-bond acceptors (Lipinski definition) is 4. The maximum atomic E-state index is 5.36. The van der Waals surface area contributed by atoms with Crippen molar-refractivity contribution >= 4 is 22.7 Å². The Hall–Kier alpha value is -0.680. The van der Waals surface area contributed by atoms with Crippen LogP contribution in [0.15, 0.2) is 29.0 Å². The third-order valence-electron chi connectivity index (χ3n) is 2.22. The maximum Gasteiger partial charge on any atom is 0.0705 e. The SMILES string of the molecule is CC(C)CONCc1cc(-c2cccs2)cs1. The zero-order valence-electron chi connectivity index (χ0n) is 10.1. The standard InChI is InChI=1S/C13H17NOS2/c1-10(2)8-15-14-7-12-6-11(9-17-12)13-4-3-5-16-13/h3-6,9-10,14H,7-8H2,1-2H3. The molecular weight excluding hydrogens is 250 g/mol. The van der Waals surface area contributed by atoms with E-state index >= 15 is 0 Å². The molecule has 0 saturated heterocycles. The Bertz CT molecular complexity index is 434. The summed E-state index contributed by atoms with van der Waals surface area (Å²) in [5.74, 6) is 0.563. The molecule has 0 spiro atoms. The first-order chi connectivity index (χ1) is 8.25. The van der Waals surface area contributed by atoms with Gasteiger partial charge in [-0.15, -0.1) is 22.7 Å². The Kier molecular flexibility index (Phi) is 4.74. The van der Waals surface area contributed by atoms with Crippen LogP contribution in [0.2, 0.25) is 0 Å². The predicted molar refractivity (Wildman–Crippen MR) is 75.3 cm³/mol. The summed E-state index contributed by atoms with van der Waals surface area (Å²) in [6.07, 6.45) is 0. The van der Waals surface area contributed by atoms with Crippen molar-refractivity contribution in [1.29, 1.82) is 0 Å². The van der Waals surface area contributed by atoms with E-state index in [4.69, 9.17) is 4.84 Å². The van der Waals surface area contributed by atoms with Gasteiger partial charge in [0.15, 0.2) is 0 Å². The zero-order valence-corrected chi connectivity index (χ0v) is 11.7. The molecule has 2 aromatic rings. The van der Waals surface area contributed by atoms with Crippen molar-refractivity contribution in [3.8, 4) is 10.4 Å². The van der Waals surface area contributed by atoms with E-state index in [1.165, 1.54) is 15.3 Å². The van der Waals surface area contributed by atoms with Crippen molar-refractivity contribution in [2.24, 2.45) is 5.92 Å². The summed E-state index contributed by atoms with van der Waals surface area (Å²) in [5.41, 5.74) is 4.32. The van der Waals surface area contributed by atoms with Crippen molar-refractivity contribution in [2.75, 3.05) is 6.61 Å². The highest BCUT2D eigenvalue weighted by molar-refractivity contribution is 7.14. The summed E-state index contributed by atoms with van der Waals surface area (Å²) in [7, 11) is 0. The summed E-state index contributed by atoms with van der Waals surface area (Å²) in [6.45, 7) is 5.81. The third-order valence-corrected chi connectivity index (χ3v) is 4.08. The smallest absolute Gasteiger partial charge is 0.0705 e. The molecule has 2 rings (SSSR count). The van der Waals surface area contributed by atoms with Gasteiger partial charge in [-0.1, -0.05) is 19.9 Å². The molecule has 0 atom stereocenters. The van der Waals surface area contributed by atoms with Crippen molar-refractivity contribution < 1.29 is 4.84 Å². The number of hydrogen-bond donors (Lipinski definition) is 1. The molecule has 2 heterocycles. The molecule has 0 unspecified atom stereocenters. The van der Waals surface area contributed by atoms with Gasteiger partial charge in [-0.25, -0.2) is 0 Å². The molecule has 0 aliphatic rings. The van der Waals surface area contributed by atoms with Gasteiger partial charge in [0.05, 0.1) is 13.2 Å². The van der Waals surface area contributed by atoms with Gasteiger partial charge in [0.25, 0.3) is 0 Å². The maximum absolute atomic E-state index is 5.36. The fourth-order valence-electron chi connectivity index (χ4n) is 1.39. The number of hydroxylamine groups is 1.